The number of benzene rings is 6. The van der Waals surface area contributed by atoms with Gasteiger partial charge in [-0.15, -0.1) is 15.0 Å². The fourth-order valence-corrected chi connectivity index (χ4v) is 14.5. The normalized spacial score (nSPS) is 13.2. The summed E-state index contributed by atoms with van der Waals surface area (Å²) in [5.41, 5.74) is 18.6. The average molecular weight is 1180 g/mol. The van der Waals surface area contributed by atoms with Gasteiger partial charge in [-0.1, -0.05) is 168 Å². The second kappa shape index (κ2) is 28.1. The average Bonchev–Trinajstić information content (AvgIpc) is 1.28. The maximum Gasteiger partial charge on any atom is 0.331 e. The van der Waals surface area contributed by atoms with Crippen LogP contribution < -0.4 is 14.2 Å². The summed E-state index contributed by atoms with van der Waals surface area (Å²) in [6, 6.07) is 25.9. The van der Waals surface area contributed by atoms with Gasteiger partial charge in [0.1, 0.15) is 34.5 Å². The van der Waals surface area contributed by atoms with Crippen molar-refractivity contribution in [2.75, 3.05) is 0 Å². The second-order valence-electron chi connectivity index (χ2n) is 29.5. The van der Waals surface area contributed by atoms with Crippen LogP contribution in [0.2, 0.25) is 0 Å². The maximum atomic E-state index is 10.9. The van der Waals surface area contributed by atoms with E-state index in [1.165, 1.54) is 16.7 Å². The number of phenolic OH excluding ortho intramolecular Hbond substituents is 3. The number of hydrogen-bond acceptors (Lipinski definition) is 9. The van der Waals surface area contributed by atoms with Crippen molar-refractivity contribution in [2.24, 2.45) is 34.0 Å². The number of aromatic nitrogens is 3. The predicted molar refractivity (Wildman–Crippen MR) is 359 cm³/mol. The minimum Gasteiger partial charge on any atom is -0.507 e. The van der Waals surface area contributed by atoms with Crippen molar-refractivity contribution < 1.29 is 29.5 Å². The Morgan fingerprint density at radius 3 is 0.759 bits per heavy atom. The number of rotatable bonds is 27. The third kappa shape index (κ3) is 18.8. The molecular formula is C78H105N3O6. The topological polar surface area (TPSA) is 127 Å². The van der Waals surface area contributed by atoms with Crippen molar-refractivity contribution >= 4 is 0 Å². The lowest BCUT2D eigenvalue weighted by Crippen LogP contribution is -2.20. The van der Waals surface area contributed by atoms with Gasteiger partial charge in [-0.2, -0.15) is 0 Å². The quantitative estimate of drug-likeness (QED) is 0.0461. The van der Waals surface area contributed by atoms with Crippen LogP contribution in [0.3, 0.4) is 0 Å². The molecule has 3 atom stereocenters. The summed E-state index contributed by atoms with van der Waals surface area (Å²) in [7, 11) is 0. The first-order chi connectivity index (χ1) is 40.6. The van der Waals surface area contributed by atoms with E-state index in [9.17, 15) is 15.3 Å². The summed E-state index contributed by atoms with van der Waals surface area (Å²) in [6.07, 6.45) is 10.5. The highest BCUT2D eigenvalue weighted by molar-refractivity contribution is 5.50. The van der Waals surface area contributed by atoms with Crippen LogP contribution in [0.4, 0.5) is 0 Å². The lowest BCUT2D eigenvalue weighted by molar-refractivity contribution is 0.262. The van der Waals surface area contributed by atoms with Crippen molar-refractivity contribution in [3.63, 3.8) is 0 Å². The summed E-state index contributed by atoms with van der Waals surface area (Å²) in [5, 5.41) is 32.7. The zero-order valence-corrected chi connectivity index (χ0v) is 57.1. The molecule has 0 spiro atoms. The second-order valence-corrected chi connectivity index (χ2v) is 29.5. The van der Waals surface area contributed by atoms with Gasteiger partial charge in [0.25, 0.3) is 0 Å². The van der Waals surface area contributed by atoms with E-state index in [1.807, 2.05) is 39.0 Å². The molecule has 468 valence electrons. The Balaban J connectivity index is 1.21. The minimum atomic E-state index is -0.105. The van der Waals surface area contributed by atoms with Gasteiger partial charge in [0.2, 0.25) is 0 Å². The molecule has 1 aromatic heterocycles. The van der Waals surface area contributed by atoms with E-state index in [0.717, 1.165) is 161 Å². The molecule has 9 heteroatoms. The Morgan fingerprint density at radius 2 is 0.529 bits per heavy atom. The zero-order valence-electron chi connectivity index (χ0n) is 57.1. The first kappa shape index (κ1) is 67.6. The summed E-state index contributed by atoms with van der Waals surface area (Å²) in [5.74, 6) is 4.56. The lowest BCUT2D eigenvalue weighted by atomic mass is 9.76. The number of aryl methyl sites for hydroxylation is 15. The van der Waals surface area contributed by atoms with Crippen LogP contribution in [0.1, 0.15) is 201 Å². The summed E-state index contributed by atoms with van der Waals surface area (Å²) in [4.78, 5) is 15.0. The third-order valence-corrected chi connectivity index (χ3v) is 17.6. The molecule has 87 heavy (non-hydrogen) atoms. The Labute approximate surface area is 523 Å². The monoisotopic (exact) mass is 1180 g/mol. The van der Waals surface area contributed by atoms with E-state index >= 15 is 0 Å². The smallest absolute Gasteiger partial charge is 0.331 e. The zero-order chi connectivity index (χ0) is 64.0. The van der Waals surface area contributed by atoms with Gasteiger partial charge in [-0.25, -0.2) is 0 Å². The lowest BCUT2D eigenvalue weighted by Gasteiger charge is -2.30. The molecule has 7 aromatic rings. The highest BCUT2D eigenvalue weighted by atomic mass is 16.5. The summed E-state index contributed by atoms with van der Waals surface area (Å²) >= 11 is 0. The van der Waals surface area contributed by atoms with Gasteiger partial charge in [0, 0.05) is 0 Å². The van der Waals surface area contributed by atoms with Crippen LogP contribution in [0.25, 0.3) is 0 Å². The van der Waals surface area contributed by atoms with Crippen LogP contribution in [0.15, 0.2) is 72.8 Å². The van der Waals surface area contributed by atoms with Gasteiger partial charge in [0.05, 0.1) is 0 Å². The van der Waals surface area contributed by atoms with Crippen LogP contribution >= 0.6 is 0 Å². The first-order valence-electron chi connectivity index (χ1n) is 32.1. The minimum absolute atomic E-state index is 0.0771. The van der Waals surface area contributed by atoms with Gasteiger partial charge in [-0.05, 0) is 261 Å². The predicted octanol–water partition coefficient (Wildman–Crippen LogP) is 20.7. The van der Waals surface area contributed by atoms with Gasteiger partial charge in [0.15, 0.2) is 0 Å². The Hall–Kier alpha value is -6.87. The number of aromatic hydroxyl groups is 3. The Kier molecular flexibility index (Phi) is 21.8. The van der Waals surface area contributed by atoms with E-state index in [4.69, 9.17) is 29.2 Å². The Morgan fingerprint density at radius 1 is 0.322 bits per heavy atom. The van der Waals surface area contributed by atoms with Crippen molar-refractivity contribution in [3.05, 3.63) is 173 Å². The molecule has 0 saturated heterocycles. The molecule has 0 bridgehead atoms. The molecule has 9 nitrogen and oxygen atoms in total. The van der Waals surface area contributed by atoms with Crippen LogP contribution in [0, 0.1) is 117 Å². The SMILES string of the molecule is Cc1cc(C)c(O)c(CCC(C)CC(C)(C)Cc2cc(C)cc(C)c2Oc2nc(Oc3c(C)cc(C)cc3CC(C)(C)CC(C)CCc3cc(C)cc(C)c3O)nc(Oc3c(C)cc(C)cc3CC(C)(C)CC(C)CCc3cc(C)cc(C)c3O)n2)c1. The van der Waals surface area contributed by atoms with E-state index in [2.05, 4.69) is 179 Å². The highest BCUT2D eigenvalue weighted by Crippen LogP contribution is 2.43. The van der Waals surface area contributed by atoms with Crippen molar-refractivity contribution in [1.29, 1.82) is 0 Å². The fourth-order valence-electron chi connectivity index (χ4n) is 14.5. The molecule has 0 aliphatic heterocycles. The molecule has 0 radical (unpaired) electrons. The van der Waals surface area contributed by atoms with Crippen molar-refractivity contribution in [1.82, 2.24) is 15.0 Å². The molecule has 0 amide bonds. The molecule has 6 aromatic carbocycles. The Bertz CT molecular complexity index is 3190. The number of ether oxygens (including phenoxy) is 3. The molecule has 1 heterocycles. The van der Waals surface area contributed by atoms with Gasteiger partial charge >= 0.3 is 18.0 Å². The highest BCUT2D eigenvalue weighted by Gasteiger charge is 2.30. The van der Waals surface area contributed by atoms with Crippen LogP contribution in [-0.2, 0) is 38.5 Å². The van der Waals surface area contributed by atoms with E-state index < -0.39 is 0 Å². The van der Waals surface area contributed by atoms with Crippen molar-refractivity contribution in [2.45, 2.75) is 222 Å². The van der Waals surface area contributed by atoms with E-state index in [-0.39, 0.29) is 34.3 Å². The van der Waals surface area contributed by atoms with E-state index in [1.54, 1.807) is 0 Å². The van der Waals surface area contributed by atoms with Crippen LogP contribution in [-0.4, -0.2) is 30.3 Å². The van der Waals surface area contributed by atoms with Gasteiger partial charge in [-0.3, -0.25) is 0 Å². The molecule has 3 unspecified atom stereocenters. The molecular weight excluding hydrogens is 1070 g/mol. The number of hydrogen-bond donors (Lipinski definition) is 3. The van der Waals surface area contributed by atoms with Crippen LogP contribution in [0.5, 0.6) is 52.5 Å². The molecule has 0 aliphatic rings. The fraction of sp³-hybridized carbons (Fsp3) is 0.500. The molecule has 3 N–H and O–H groups in total. The standard InChI is InChI=1S/C78H105N3O6/c1-46(22-25-61-34-49(4)28-55(10)67(61)82)40-76(16,17)43-64-37-52(7)31-58(13)70(64)85-73-79-74(86-71-59(14)32-53(8)38-65(71)44-77(18,19)41-47(2)23-26-62-35-50(5)29-56(11)68(62)83)81-75(80-73)87-72-60(15)33-54(9)39-66(72)45-78(20,21)42-48(3)24-27-63-36-51(6)30-57(12)69(63)84/h28-39,46-48,82-84H,22-27,40-45H2,1-21H3. The number of nitrogens with zero attached hydrogens (tertiary/aromatic N) is 3. The first-order valence-corrected chi connectivity index (χ1v) is 32.1. The molecule has 0 fully saturated rings. The third-order valence-electron chi connectivity index (χ3n) is 17.6. The summed E-state index contributed by atoms with van der Waals surface area (Å²) < 4.78 is 21.1. The molecule has 0 saturated carbocycles. The largest absolute Gasteiger partial charge is 0.507 e. The number of phenols is 3. The van der Waals surface area contributed by atoms with Crippen molar-refractivity contribution in [3.8, 4) is 52.5 Å². The molecule has 7 rings (SSSR count). The summed E-state index contributed by atoms with van der Waals surface area (Å²) in [6.45, 7) is 45.9. The maximum absolute atomic E-state index is 10.9. The molecule has 0 aliphatic carbocycles. The van der Waals surface area contributed by atoms with Gasteiger partial charge < -0.3 is 29.5 Å². The van der Waals surface area contributed by atoms with E-state index in [0.29, 0.717) is 52.3 Å².